The van der Waals surface area contributed by atoms with Gasteiger partial charge in [-0.1, -0.05) is 6.07 Å². The summed E-state index contributed by atoms with van der Waals surface area (Å²) in [5.74, 6) is -0.257. The second kappa shape index (κ2) is 6.18. The molecule has 1 aromatic rings. The van der Waals surface area contributed by atoms with E-state index in [2.05, 4.69) is 4.74 Å². The van der Waals surface area contributed by atoms with Crippen molar-refractivity contribution in [3.8, 4) is 17.6 Å². The van der Waals surface area contributed by atoms with Gasteiger partial charge in [0.25, 0.3) is 0 Å². The molecule has 0 saturated carbocycles. The molecule has 1 rings (SSSR count). The summed E-state index contributed by atoms with van der Waals surface area (Å²) in [6, 6.07) is 6.34. The second-order valence-corrected chi connectivity index (χ2v) is 3.03. The molecule has 0 aliphatic heterocycles. The Bertz CT molecular complexity index is 474. The molecule has 0 amide bonds. The molecule has 0 spiro atoms. The fraction of sp³-hybridized carbons (Fsp3) is 0.167. The van der Waals surface area contributed by atoms with E-state index in [4.69, 9.17) is 10.00 Å². The van der Waals surface area contributed by atoms with Gasteiger partial charge in [0.15, 0.2) is 18.1 Å². The first-order valence-electron chi connectivity index (χ1n) is 4.76. The lowest BCUT2D eigenvalue weighted by Crippen LogP contribution is -1.99. The Morgan fingerprint density at radius 3 is 3.00 bits per heavy atom. The third kappa shape index (κ3) is 3.87. The van der Waals surface area contributed by atoms with Crippen LogP contribution in [-0.4, -0.2) is 24.8 Å². The van der Waals surface area contributed by atoms with E-state index in [0.717, 1.165) is 0 Å². The summed E-state index contributed by atoms with van der Waals surface area (Å²) in [6.07, 6.45) is 2.70. The monoisotopic (exact) mass is 233 g/mol. The number of esters is 1. The van der Waals surface area contributed by atoms with Crippen LogP contribution in [0.15, 0.2) is 24.3 Å². The number of nitriles is 1. The van der Waals surface area contributed by atoms with Gasteiger partial charge in [-0.2, -0.15) is 5.26 Å². The Morgan fingerprint density at radius 2 is 2.35 bits per heavy atom. The number of phenolic OH excluding ortho intramolecular Hbond substituents is 1. The Morgan fingerprint density at radius 1 is 1.59 bits per heavy atom. The van der Waals surface area contributed by atoms with Crippen molar-refractivity contribution in [1.82, 2.24) is 0 Å². The van der Waals surface area contributed by atoms with E-state index in [0.29, 0.717) is 11.3 Å². The van der Waals surface area contributed by atoms with Gasteiger partial charge in [-0.15, -0.1) is 0 Å². The number of hydrogen-bond donors (Lipinski definition) is 1. The number of methoxy groups -OCH3 is 1. The normalized spacial score (nSPS) is 9.88. The number of phenols is 1. The fourth-order valence-electron chi connectivity index (χ4n) is 1.11. The molecule has 1 N–H and O–H groups in total. The molecule has 88 valence electrons. The van der Waals surface area contributed by atoms with Crippen LogP contribution in [0.1, 0.15) is 5.56 Å². The SMILES string of the molecule is COc1cc(C=CC(=O)OCC#N)ccc1O. The van der Waals surface area contributed by atoms with Crippen LogP contribution in [0.25, 0.3) is 6.08 Å². The highest BCUT2D eigenvalue weighted by atomic mass is 16.5. The lowest BCUT2D eigenvalue weighted by molar-refractivity contribution is -0.136. The standard InChI is InChI=1S/C12H11NO4/c1-16-11-8-9(2-4-10(11)14)3-5-12(15)17-7-6-13/h2-5,8,14H,7H2,1H3. The van der Waals surface area contributed by atoms with Crippen molar-refractivity contribution in [2.45, 2.75) is 0 Å². The summed E-state index contributed by atoms with van der Waals surface area (Å²) < 4.78 is 9.44. The summed E-state index contributed by atoms with van der Waals surface area (Å²) in [6.45, 7) is -0.276. The maximum Gasteiger partial charge on any atom is 0.331 e. The van der Waals surface area contributed by atoms with Crippen molar-refractivity contribution in [2.24, 2.45) is 0 Å². The van der Waals surface area contributed by atoms with Gasteiger partial charge in [-0.25, -0.2) is 4.79 Å². The Balaban J connectivity index is 2.72. The van der Waals surface area contributed by atoms with E-state index in [-0.39, 0.29) is 12.4 Å². The molecule has 17 heavy (non-hydrogen) atoms. The van der Waals surface area contributed by atoms with Gasteiger partial charge in [0, 0.05) is 6.08 Å². The molecule has 0 fully saturated rings. The highest BCUT2D eigenvalue weighted by Crippen LogP contribution is 2.26. The minimum absolute atomic E-state index is 0.0247. The molecular weight excluding hydrogens is 222 g/mol. The molecule has 0 radical (unpaired) electrons. The summed E-state index contributed by atoms with van der Waals surface area (Å²) in [5.41, 5.74) is 0.675. The topological polar surface area (TPSA) is 79.5 Å². The van der Waals surface area contributed by atoms with Crippen LogP contribution in [0.5, 0.6) is 11.5 Å². The van der Waals surface area contributed by atoms with Gasteiger partial charge in [0.2, 0.25) is 0 Å². The van der Waals surface area contributed by atoms with Gasteiger partial charge >= 0.3 is 5.97 Å². The van der Waals surface area contributed by atoms with Crippen molar-refractivity contribution < 1.29 is 19.4 Å². The second-order valence-electron chi connectivity index (χ2n) is 3.03. The predicted molar refractivity (Wildman–Crippen MR) is 60.3 cm³/mol. The zero-order valence-corrected chi connectivity index (χ0v) is 9.21. The number of ether oxygens (including phenoxy) is 2. The highest BCUT2D eigenvalue weighted by Gasteiger charge is 2.01. The largest absolute Gasteiger partial charge is 0.504 e. The van der Waals surface area contributed by atoms with E-state index < -0.39 is 5.97 Å². The van der Waals surface area contributed by atoms with Crippen molar-refractivity contribution >= 4 is 12.0 Å². The van der Waals surface area contributed by atoms with E-state index in [1.54, 1.807) is 18.2 Å². The van der Waals surface area contributed by atoms with E-state index in [9.17, 15) is 9.90 Å². The lowest BCUT2D eigenvalue weighted by atomic mass is 10.2. The van der Waals surface area contributed by atoms with Crippen molar-refractivity contribution in [3.63, 3.8) is 0 Å². The zero-order valence-electron chi connectivity index (χ0n) is 9.21. The van der Waals surface area contributed by atoms with E-state index >= 15 is 0 Å². The minimum atomic E-state index is -0.599. The van der Waals surface area contributed by atoms with Crippen molar-refractivity contribution in [1.29, 1.82) is 5.26 Å². The van der Waals surface area contributed by atoms with Gasteiger partial charge in [0.05, 0.1) is 7.11 Å². The van der Waals surface area contributed by atoms with Crippen LogP contribution >= 0.6 is 0 Å². The first-order chi connectivity index (χ1) is 8.17. The van der Waals surface area contributed by atoms with E-state index in [1.807, 2.05) is 0 Å². The number of rotatable bonds is 4. The third-order valence-corrected chi connectivity index (χ3v) is 1.89. The molecule has 0 aromatic heterocycles. The molecular formula is C12H11NO4. The van der Waals surface area contributed by atoms with Crippen molar-refractivity contribution in [2.75, 3.05) is 13.7 Å². The number of carbonyl (C=O) groups is 1. The number of aromatic hydroxyl groups is 1. The summed E-state index contributed by atoms with van der Waals surface area (Å²) in [5, 5.41) is 17.6. The van der Waals surface area contributed by atoms with Crippen molar-refractivity contribution in [3.05, 3.63) is 29.8 Å². The molecule has 5 heteroatoms. The van der Waals surface area contributed by atoms with Gasteiger partial charge in [-0.3, -0.25) is 0 Å². The summed E-state index contributed by atoms with van der Waals surface area (Å²) in [7, 11) is 1.43. The van der Waals surface area contributed by atoms with Crippen LogP contribution in [-0.2, 0) is 9.53 Å². The summed E-state index contributed by atoms with van der Waals surface area (Å²) >= 11 is 0. The number of nitrogens with zero attached hydrogens (tertiary/aromatic N) is 1. The quantitative estimate of drug-likeness (QED) is 0.629. The fourth-order valence-corrected chi connectivity index (χ4v) is 1.11. The predicted octanol–water partition coefficient (Wildman–Crippen LogP) is 1.48. The Hall–Kier alpha value is -2.48. The average molecular weight is 233 g/mol. The van der Waals surface area contributed by atoms with Gasteiger partial charge in [-0.05, 0) is 23.8 Å². The average Bonchev–Trinajstić information content (AvgIpc) is 2.35. The molecule has 0 atom stereocenters. The third-order valence-electron chi connectivity index (χ3n) is 1.89. The maximum absolute atomic E-state index is 11.1. The molecule has 0 saturated heterocycles. The number of carbonyl (C=O) groups excluding carboxylic acids is 1. The molecule has 5 nitrogen and oxygen atoms in total. The van der Waals surface area contributed by atoms with Gasteiger partial charge in [0.1, 0.15) is 6.07 Å². The lowest BCUT2D eigenvalue weighted by Gasteiger charge is -2.03. The highest BCUT2D eigenvalue weighted by molar-refractivity contribution is 5.87. The zero-order chi connectivity index (χ0) is 12.7. The van der Waals surface area contributed by atoms with Gasteiger partial charge < -0.3 is 14.6 Å². The number of benzene rings is 1. The molecule has 1 aromatic carbocycles. The summed E-state index contributed by atoms with van der Waals surface area (Å²) in [4.78, 5) is 11.1. The van der Waals surface area contributed by atoms with Crippen LogP contribution in [0.3, 0.4) is 0 Å². The van der Waals surface area contributed by atoms with Crippen LogP contribution in [0.4, 0.5) is 0 Å². The Labute approximate surface area is 98.5 Å². The maximum atomic E-state index is 11.1. The smallest absolute Gasteiger partial charge is 0.331 e. The molecule has 0 heterocycles. The molecule has 0 aliphatic rings. The molecule has 0 aliphatic carbocycles. The van der Waals surface area contributed by atoms with Crippen LogP contribution in [0.2, 0.25) is 0 Å². The molecule has 0 unspecified atom stereocenters. The number of hydrogen-bond acceptors (Lipinski definition) is 5. The molecule has 0 bridgehead atoms. The first-order valence-corrected chi connectivity index (χ1v) is 4.76. The van der Waals surface area contributed by atoms with E-state index in [1.165, 1.54) is 25.3 Å². The minimum Gasteiger partial charge on any atom is -0.504 e. The Kier molecular flexibility index (Phi) is 4.58. The van der Waals surface area contributed by atoms with Crippen LogP contribution < -0.4 is 4.74 Å². The first kappa shape index (κ1) is 12.6. The van der Waals surface area contributed by atoms with Crippen LogP contribution in [0, 0.1) is 11.3 Å².